The second-order valence-electron chi connectivity index (χ2n) is 6.70. The number of amides is 1. The Hall–Kier alpha value is -2.62. The fourth-order valence-corrected chi connectivity index (χ4v) is 3.15. The Labute approximate surface area is 148 Å². The summed E-state index contributed by atoms with van der Waals surface area (Å²) in [6, 6.07) is 15.4. The van der Waals surface area contributed by atoms with Crippen molar-refractivity contribution in [3.8, 4) is 5.75 Å². The van der Waals surface area contributed by atoms with Gasteiger partial charge in [-0.2, -0.15) is 0 Å². The largest absolute Gasteiger partial charge is 0.426 e. The number of carbonyl (C=O) groups is 2. The monoisotopic (exact) mass is 337 g/mol. The molecule has 0 saturated carbocycles. The molecule has 0 bridgehead atoms. The van der Waals surface area contributed by atoms with Crippen LogP contribution >= 0.6 is 0 Å². The number of nitrogens with zero attached hydrogens (tertiary/aromatic N) is 1. The molecule has 130 valence electrons. The number of likely N-dealkylation sites (tertiary alicyclic amines) is 1. The molecule has 0 aromatic heterocycles. The first-order chi connectivity index (χ1) is 12.0. The van der Waals surface area contributed by atoms with Gasteiger partial charge in [0.1, 0.15) is 5.75 Å². The van der Waals surface area contributed by atoms with Crippen molar-refractivity contribution < 1.29 is 14.3 Å². The average molecular weight is 337 g/mol. The van der Waals surface area contributed by atoms with Crippen LogP contribution in [0.5, 0.6) is 5.75 Å². The highest BCUT2D eigenvalue weighted by atomic mass is 16.5. The van der Waals surface area contributed by atoms with Gasteiger partial charge in [0.05, 0.1) is 12.0 Å². The summed E-state index contributed by atoms with van der Waals surface area (Å²) in [5.41, 5.74) is 3.30. The van der Waals surface area contributed by atoms with Gasteiger partial charge in [0.15, 0.2) is 0 Å². The first kappa shape index (κ1) is 17.2. The Morgan fingerprint density at radius 2 is 1.84 bits per heavy atom. The lowest BCUT2D eigenvalue weighted by Gasteiger charge is -2.25. The molecule has 2 aromatic rings. The van der Waals surface area contributed by atoms with Crippen LogP contribution in [0.15, 0.2) is 48.5 Å². The third-order valence-corrected chi connectivity index (χ3v) is 4.94. The SMILES string of the molecule is Cc1ccc(OC(=O)[C@@H]2CC(=O)N([C@@H](C)c3ccccc3)C2)cc1C. The predicted octanol–water partition coefficient (Wildman–Crippen LogP) is 3.82. The molecule has 4 nitrogen and oxygen atoms in total. The van der Waals surface area contributed by atoms with E-state index in [1.54, 1.807) is 11.0 Å². The highest BCUT2D eigenvalue weighted by Crippen LogP contribution is 2.29. The quantitative estimate of drug-likeness (QED) is 0.629. The summed E-state index contributed by atoms with van der Waals surface area (Å²) in [6.45, 7) is 6.39. The summed E-state index contributed by atoms with van der Waals surface area (Å²) in [5.74, 6) is -0.215. The Morgan fingerprint density at radius 3 is 2.52 bits per heavy atom. The molecule has 0 N–H and O–H groups in total. The number of benzene rings is 2. The zero-order valence-electron chi connectivity index (χ0n) is 14.9. The zero-order chi connectivity index (χ0) is 18.0. The van der Waals surface area contributed by atoms with E-state index in [0.29, 0.717) is 12.3 Å². The maximum absolute atomic E-state index is 12.5. The molecule has 0 aliphatic carbocycles. The molecule has 1 amide bonds. The minimum Gasteiger partial charge on any atom is -0.426 e. The lowest BCUT2D eigenvalue weighted by molar-refractivity contribution is -0.139. The van der Waals surface area contributed by atoms with Crippen LogP contribution in [0, 0.1) is 19.8 Å². The minimum absolute atomic E-state index is 0.00149. The van der Waals surface area contributed by atoms with Crippen LogP contribution in [0.25, 0.3) is 0 Å². The van der Waals surface area contributed by atoms with E-state index in [-0.39, 0.29) is 24.3 Å². The van der Waals surface area contributed by atoms with E-state index in [2.05, 4.69) is 0 Å². The lowest BCUT2D eigenvalue weighted by atomic mass is 10.1. The summed E-state index contributed by atoms with van der Waals surface area (Å²) in [6.07, 6.45) is 0.209. The van der Waals surface area contributed by atoms with Crippen molar-refractivity contribution >= 4 is 11.9 Å². The highest BCUT2D eigenvalue weighted by molar-refractivity contribution is 5.88. The Morgan fingerprint density at radius 1 is 1.12 bits per heavy atom. The molecule has 1 aliphatic rings. The molecular formula is C21H23NO3. The van der Waals surface area contributed by atoms with Crippen molar-refractivity contribution in [2.75, 3.05) is 6.54 Å². The molecular weight excluding hydrogens is 314 g/mol. The predicted molar refractivity (Wildman–Crippen MR) is 96.2 cm³/mol. The summed E-state index contributed by atoms with van der Waals surface area (Å²) < 4.78 is 5.50. The molecule has 4 heteroatoms. The number of esters is 1. The van der Waals surface area contributed by atoms with Gasteiger partial charge in [-0.15, -0.1) is 0 Å². The van der Waals surface area contributed by atoms with E-state index < -0.39 is 5.92 Å². The van der Waals surface area contributed by atoms with Crippen molar-refractivity contribution in [1.29, 1.82) is 0 Å². The summed E-state index contributed by atoms with van der Waals surface area (Å²) >= 11 is 0. The van der Waals surface area contributed by atoms with Crippen molar-refractivity contribution in [3.05, 3.63) is 65.2 Å². The molecule has 0 spiro atoms. The van der Waals surface area contributed by atoms with Gasteiger partial charge >= 0.3 is 5.97 Å². The second-order valence-corrected chi connectivity index (χ2v) is 6.70. The maximum atomic E-state index is 12.5. The number of carbonyl (C=O) groups excluding carboxylic acids is 2. The fourth-order valence-electron chi connectivity index (χ4n) is 3.15. The van der Waals surface area contributed by atoms with Crippen LogP contribution in [-0.4, -0.2) is 23.3 Å². The minimum atomic E-state index is -0.416. The standard InChI is InChI=1S/C21H23NO3/c1-14-9-10-19(11-15(14)2)25-21(24)18-12-20(23)22(13-18)16(3)17-7-5-4-6-8-17/h4-11,16,18H,12-13H2,1-3H3/t16-,18+/m0/s1. The van der Waals surface area contributed by atoms with Crippen LogP contribution in [0.3, 0.4) is 0 Å². The van der Waals surface area contributed by atoms with Crippen molar-refractivity contribution in [2.24, 2.45) is 5.92 Å². The van der Waals surface area contributed by atoms with Crippen LogP contribution in [0.1, 0.15) is 36.1 Å². The summed E-state index contributed by atoms with van der Waals surface area (Å²) in [7, 11) is 0. The molecule has 1 aliphatic heterocycles. The van der Waals surface area contributed by atoms with Crippen molar-refractivity contribution in [1.82, 2.24) is 4.90 Å². The molecule has 1 fully saturated rings. The number of rotatable bonds is 4. The summed E-state index contributed by atoms with van der Waals surface area (Å²) in [5, 5.41) is 0. The number of ether oxygens (including phenoxy) is 1. The summed E-state index contributed by atoms with van der Waals surface area (Å²) in [4.78, 5) is 26.6. The van der Waals surface area contributed by atoms with Gasteiger partial charge in [0.2, 0.25) is 5.91 Å². The highest BCUT2D eigenvalue weighted by Gasteiger charge is 2.38. The number of hydrogen-bond acceptors (Lipinski definition) is 3. The third-order valence-electron chi connectivity index (χ3n) is 4.94. The van der Waals surface area contributed by atoms with Gasteiger partial charge in [0, 0.05) is 13.0 Å². The van der Waals surface area contributed by atoms with Gasteiger partial charge in [-0.3, -0.25) is 9.59 Å². The van der Waals surface area contributed by atoms with Crippen molar-refractivity contribution in [2.45, 2.75) is 33.2 Å². The first-order valence-electron chi connectivity index (χ1n) is 8.59. The van der Waals surface area contributed by atoms with Crippen molar-refractivity contribution in [3.63, 3.8) is 0 Å². The van der Waals surface area contributed by atoms with Crippen LogP contribution in [0.4, 0.5) is 0 Å². The molecule has 25 heavy (non-hydrogen) atoms. The van der Waals surface area contributed by atoms with E-state index in [1.807, 2.05) is 63.2 Å². The smallest absolute Gasteiger partial charge is 0.316 e. The zero-order valence-corrected chi connectivity index (χ0v) is 14.9. The third kappa shape index (κ3) is 3.73. The van der Waals surface area contributed by atoms with Gasteiger partial charge in [0.25, 0.3) is 0 Å². The molecule has 0 unspecified atom stereocenters. The average Bonchev–Trinajstić information content (AvgIpc) is 3.00. The molecule has 1 heterocycles. The molecule has 2 atom stereocenters. The first-order valence-corrected chi connectivity index (χ1v) is 8.59. The van der Waals surface area contributed by atoms with E-state index in [4.69, 9.17) is 4.74 Å². The topological polar surface area (TPSA) is 46.6 Å². The second kappa shape index (κ2) is 7.09. The van der Waals surface area contributed by atoms with Gasteiger partial charge < -0.3 is 9.64 Å². The van der Waals surface area contributed by atoms with E-state index >= 15 is 0 Å². The van der Waals surface area contributed by atoms with Crippen LogP contribution in [-0.2, 0) is 9.59 Å². The molecule has 2 aromatic carbocycles. The Kier molecular flexibility index (Phi) is 4.88. The fraction of sp³-hybridized carbons (Fsp3) is 0.333. The molecule has 0 radical (unpaired) electrons. The van der Waals surface area contributed by atoms with E-state index in [9.17, 15) is 9.59 Å². The van der Waals surface area contributed by atoms with Gasteiger partial charge in [-0.05, 0) is 49.6 Å². The lowest BCUT2D eigenvalue weighted by Crippen LogP contribution is -2.30. The van der Waals surface area contributed by atoms with E-state index in [0.717, 1.165) is 16.7 Å². The van der Waals surface area contributed by atoms with Gasteiger partial charge in [-0.1, -0.05) is 36.4 Å². The maximum Gasteiger partial charge on any atom is 0.316 e. The van der Waals surface area contributed by atoms with Gasteiger partial charge in [-0.25, -0.2) is 0 Å². The number of hydrogen-bond donors (Lipinski definition) is 0. The molecule has 3 rings (SSSR count). The van der Waals surface area contributed by atoms with Crippen LogP contribution in [0.2, 0.25) is 0 Å². The Balaban J connectivity index is 1.67. The normalized spacial score (nSPS) is 18.3. The van der Waals surface area contributed by atoms with Crippen LogP contribution < -0.4 is 4.74 Å². The molecule has 1 saturated heterocycles. The Bertz CT molecular complexity index is 785. The number of aryl methyl sites for hydroxylation is 2. The van der Waals surface area contributed by atoms with E-state index in [1.165, 1.54) is 0 Å².